The molecule has 1 unspecified atom stereocenters. The summed E-state index contributed by atoms with van der Waals surface area (Å²) in [5.41, 5.74) is 0.585. The Labute approximate surface area is 121 Å². The van der Waals surface area contributed by atoms with Crippen molar-refractivity contribution in [2.75, 3.05) is 13.6 Å². The molecule has 0 aromatic carbocycles. The van der Waals surface area contributed by atoms with Crippen LogP contribution < -0.4 is 10.6 Å². The third-order valence-electron chi connectivity index (χ3n) is 4.71. The van der Waals surface area contributed by atoms with Gasteiger partial charge in [0, 0.05) is 13.6 Å². The minimum absolute atomic E-state index is 0.131. The van der Waals surface area contributed by atoms with Gasteiger partial charge in [0.2, 0.25) is 0 Å². The smallest absolute Gasteiger partial charge is 0.191 e. The predicted molar refractivity (Wildman–Crippen MR) is 80.7 cm³/mol. The Kier molecular flexibility index (Phi) is 3.48. The fourth-order valence-corrected chi connectivity index (χ4v) is 3.00. The van der Waals surface area contributed by atoms with Crippen LogP contribution in [0.1, 0.15) is 50.2 Å². The quantitative estimate of drug-likeness (QED) is 0.641. The van der Waals surface area contributed by atoms with Crippen LogP contribution in [-0.4, -0.2) is 19.6 Å². The number of nitrogens with one attached hydrogen (secondary N) is 2. The highest BCUT2D eigenvalue weighted by atomic mass is 16.3. The highest BCUT2D eigenvalue weighted by Crippen LogP contribution is 2.60. The van der Waals surface area contributed by atoms with Crippen molar-refractivity contribution in [3.63, 3.8) is 0 Å². The number of rotatable bonds is 5. The summed E-state index contributed by atoms with van der Waals surface area (Å²) >= 11 is 0. The lowest BCUT2D eigenvalue weighted by Crippen LogP contribution is -2.41. The fourth-order valence-electron chi connectivity index (χ4n) is 3.00. The Morgan fingerprint density at radius 3 is 2.70 bits per heavy atom. The van der Waals surface area contributed by atoms with Gasteiger partial charge in [-0.15, -0.1) is 0 Å². The molecule has 4 heteroatoms. The molecule has 0 radical (unpaired) electrons. The number of furan rings is 1. The molecular weight excluding hydrogens is 250 g/mol. The summed E-state index contributed by atoms with van der Waals surface area (Å²) < 4.78 is 5.65. The van der Waals surface area contributed by atoms with Gasteiger partial charge in [0.15, 0.2) is 5.96 Å². The highest BCUT2D eigenvalue weighted by Gasteiger charge is 2.53. The summed E-state index contributed by atoms with van der Waals surface area (Å²) in [6.45, 7) is 5.12. The molecular formula is C16H25N3O. The van der Waals surface area contributed by atoms with Crippen molar-refractivity contribution >= 4 is 5.96 Å². The third kappa shape index (κ3) is 2.84. The maximum absolute atomic E-state index is 5.65. The van der Waals surface area contributed by atoms with Gasteiger partial charge < -0.3 is 15.1 Å². The SMILES string of the molecule is CN=C(NCC1(C2CC2)CC1)NC(C)c1ccc(C)o1. The molecule has 2 N–H and O–H groups in total. The summed E-state index contributed by atoms with van der Waals surface area (Å²) in [6.07, 6.45) is 5.62. The molecule has 0 saturated heterocycles. The Bertz CT molecular complexity index is 498. The molecule has 4 nitrogen and oxygen atoms in total. The molecule has 0 bridgehead atoms. The van der Waals surface area contributed by atoms with Crippen LogP contribution >= 0.6 is 0 Å². The van der Waals surface area contributed by atoms with Gasteiger partial charge in [0.05, 0.1) is 6.04 Å². The Morgan fingerprint density at radius 2 is 2.20 bits per heavy atom. The number of aliphatic imine (C=N–C) groups is 1. The molecule has 1 aromatic rings. The summed E-state index contributed by atoms with van der Waals surface area (Å²) in [6, 6.07) is 4.15. The van der Waals surface area contributed by atoms with Crippen LogP contribution in [-0.2, 0) is 0 Å². The Balaban J connectivity index is 1.52. The van der Waals surface area contributed by atoms with E-state index in [1.807, 2.05) is 26.1 Å². The lowest BCUT2D eigenvalue weighted by atomic mass is 10.0. The van der Waals surface area contributed by atoms with Gasteiger partial charge in [0.25, 0.3) is 0 Å². The number of aryl methyl sites for hydroxylation is 1. The molecule has 2 aliphatic rings. The van der Waals surface area contributed by atoms with Crippen molar-refractivity contribution < 1.29 is 4.42 Å². The van der Waals surface area contributed by atoms with Gasteiger partial charge in [0.1, 0.15) is 11.5 Å². The largest absolute Gasteiger partial charge is 0.464 e. The van der Waals surface area contributed by atoms with Crippen LogP contribution in [0.5, 0.6) is 0 Å². The van der Waals surface area contributed by atoms with Gasteiger partial charge >= 0.3 is 0 Å². The van der Waals surface area contributed by atoms with Crippen LogP contribution in [0.4, 0.5) is 0 Å². The molecule has 2 aliphatic carbocycles. The van der Waals surface area contributed by atoms with Gasteiger partial charge in [-0.2, -0.15) is 0 Å². The zero-order valence-electron chi connectivity index (χ0n) is 12.7. The lowest BCUT2D eigenvalue weighted by molar-refractivity contribution is 0.422. The van der Waals surface area contributed by atoms with E-state index in [0.717, 1.165) is 29.9 Å². The molecule has 2 saturated carbocycles. The first-order valence-electron chi connectivity index (χ1n) is 7.66. The van der Waals surface area contributed by atoms with Crippen LogP contribution in [0, 0.1) is 18.3 Å². The number of hydrogen-bond donors (Lipinski definition) is 2. The van der Waals surface area contributed by atoms with E-state index in [0.29, 0.717) is 5.41 Å². The van der Waals surface area contributed by atoms with E-state index in [2.05, 4.69) is 22.5 Å². The van der Waals surface area contributed by atoms with Crippen LogP contribution in [0.15, 0.2) is 21.5 Å². The normalized spacial score (nSPS) is 22.4. The second-order valence-corrected chi connectivity index (χ2v) is 6.38. The van der Waals surface area contributed by atoms with Crippen LogP contribution in [0.3, 0.4) is 0 Å². The average molecular weight is 275 g/mol. The van der Waals surface area contributed by atoms with Gasteiger partial charge in [-0.1, -0.05) is 0 Å². The number of guanidine groups is 1. The van der Waals surface area contributed by atoms with Crippen molar-refractivity contribution in [1.82, 2.24) is 10.6 Å². The number of hydrogen-bond acceptors (Lipinski definition) is 2. The number of nitrogens with zero attached hydrogens (tertiary/aromatic N) is 1. The summed E-state index contributed by atoms with van der Waals surface area (Å²) in [7, 11) is 1.83. The first-order chi connectivity index (χ1) is 9.63. The topological polar surface area (TPSA) is 49.6 Å². The van der Waals surface area contributed by atoms with E-state index in [-0.39, 0.29) is 6.04 Å². The van der Waals surface area contributed by atoms with Crippen molar-refractivity contribution in [2.45, 2.75) is 45.6 Å². The first kappa shape index (κ1) is 13.5. The average Bonchev–Trinajstić information content (AvgIpc) is 3.33. The fraction of sp³-hybridized carbons (Fsp3) is 0.688. The third-order valence-corrected chi connectivity index (χ3v) is 4.71. The first-order valence-corrected chi connectivity index (χ1v) is 7.66. The van der Waals surface area contributed by atoms with E-state index in [4.69, 9.17) is 4.42 Å². The zero-order chi connectivity index (χ0) is 14.2. The zero-order valence-corrected chi connectivity index (χ0v) is 12.7. The van der Waals surface area contributed by atoms with Crippen molar-refractivity contribution in [3.05, 3.63) is 23.7 Å². The summed E-state index contributed by atoms with van der Waals surface area (Å²) in [4.78, 5) is 4.32. The summed E-state index contributed by atoms with van der Waals surface area (Å²) in [5, 5.41) is 6.90. The molecule has 3 rings (SSSR count). The van der Waals surface area contributed by atoms with Crippen molar-refractivity contribution in [3.8, 4) is 0 Å². The molecule has 110 valence electrons. The Morgan fingerprint density at radius 1 is 1.45 bits per heavy atom. The molecule has 0 aliphatic heterocycles. The molecule has 1 heterocycles. The molecule has 20 heavy (non-hydrogen) atoms. The second-order valence-electron chi connectivity index (χ2n) is 6.38. The molecule has 1 aromatic heterocycles. The van der Waals surface area contributed by atoms with Crippen molar-refractivity contribution in [1.29, 1.82) is 0 Å². The molecule has 2 fully saturated rings. The van der Waals surface area contributed by atoms with E-state index in [9.17, 15) is 0 Å². The predicted octanol–water partition coefficient (Wildman–Crippen LogP) is 3.00. The van der Waals surface area contributed by atoms with Crippen molar-refractivity contribution in [2.24, 2.45) is 16.3 Å². The monoisotopic (exact) mass is 275 g/mol. The Hall–Kier alpha value is -1.45. The maximum atomic E-state index is 5.65. The van der Waals surface area contributed by atoms with E-state index >= 15 is 0 Å². The molecule has 0 amide bonds. The van der Waals surface area contributed by atoms with E-state index < -0.39 is 0 Å². The summed E-state index contributed by atoms with van der Waals surface area (Å²) in [5.74, 6) is 3.74. The van der Waals surface area contributed by atoms with Crippen LogP contribution in [0.2, 0.25) is 0 Å². The van der Waals surface area contributed by atoms with Gasteiger partial charge in [-0.3, -0.25) is 4.99 Å². The van der Waals surface area contributed by atoms with Crippen LogP contribution in [0.25, 0.3) is 0 Å². The molecule has 0 spiro atoms. The minimum atomic E-state index is 0.131. The highest BCUT2D eigenvalue weighted by molar-refractivity contribution is 5.80. The van der Waals surface area contributed by atoms with E-state index in [1.54, 1.807) is 0 Å². The van der Waals surface area contributed by atoms with Gasteiger partial charge in [-0.25, -0.2) is 0 Å². The molecule has 1 atom stereocenters. The second kappa shape index (κ2) is 5.15. The maximum Gasteiger partial charge on any atom is 0.191 e. The van der Waals surface area contributed by atoms with E-state index in [1.165, 1.54) is 25.7 Å². The lowest BCUT2D eigenvalue weighted by Gasteiger charge is -2.20. The minimum Gasteiger partial charge on any atom is -0.464 e. The van der Waals surface area contributed by atoms with Gasteiger partial charge in [-0.05, 0) is 63.0 Å². The standard InChI is InChI=1S/C16H25N3O/c1-11-4-7-14(20-11)12(2)19-15(17-3)18-10-16(8-9-16)13-5-6-13/h4,7,12-13H,5-6,8-10H2,1-3H3,(H2,17,18,19).